The van der Waals surface area contributed by atoms with Gasteiger partial charge in [-0.15, -0.1) is 0 Å². The van der Waals surface area contributed by atoms with Crippen molar-refractivity contribution in [1.82, 2.24) is 0 Å². The number of hydrogen-bond donors (Lipinski definition) is 0. The monoisotopic (exact) mass is 240 g/mol. The summed E-state index contributed by atoms with van der Waals surface area (Å²) >= 11 is 0. The van der Waals surface area contributed by atoms with Gasteiger partial charge in [0.05, 0.1) is 12.2 Å². The van der Waals surface area contributed by atoms with Crippen LogP contribution in [0.2, 0.25) is 0 Å². The number of benzene rings is 1. The fourth-order valence-corrected chi connectivity index (χ4v) is 1.42. The summed E-state index contributed by atoms with van der Waals surface area (Å²) in [6.07, 6.45) is -0.313. The number of halogens is 1. The molecular formula is C13H17FO3. The van der Waals surface area contributed by atoms with Crippen molar-refractivity contribution in [2.45, 2.75) is 26.9 Å². The van der Waals surface area contributed by atoms with Gasteiger partial charge < -0.3 is 9.47 Å². The first-order chi connectivity index (χ1) is 8.04. The molecule has 94 valence electrons. The van der Waals surface area contributed by atoms with Crippen LogP contribution in [0.3, 0.4) is 0 Å². The van der Waals surface area contributed by atoms with Gasteiger partial charge in [0, 0.05) is 6.61 Å². The van der Waals surface area contributed by atoms with Gasteiger partial charge in [0.15, 0.2) is 0 Å². The second-order valence-electron chi connectivity index (χ2n) is 3.83. The molecule has 3 nitrogen and oxygen atoms in total. The lowest BCUT2D eigenvalue weighted by molar-refractivity contribution is 0.00433. The van der Waals surface area contributed by atoms with E-state index in [0.717, 1.165) is 0 Å². The summed E-state index contributed by atoms with van der Waals surface area (Å²) in [5.74, 6) is -0.809. The number of carbonyl (C=O) groups is 1. The minimum atomic E-state index is -0.449. The highest BCUT2D eigenvalue weighted by molar-refractivity contribution is 5.91. The van der Waals surface area contributed by atoms with Gasteiger partial charge in [-0.2, -0.15) is 0 Å². The van der Waals surface area contributed by atoms with Crippen LogP contribution in [0.1, 0.15) is 29.8 Å². The molecule has 0 fully saturated rings. The Kier molecular flexibility index (Phi) is 5.10. The standard InChI is InChI=1S/C13H17FO3/c1-4-16-8-10(3)17-13(15)12-6-5-11(14)7-9(12)2/h5-7,10H,4,8H2,1-3H3. The quantitative estimate of drug-likeness (QED) is 0.742. The summed E-state index contributed by atoms with van der Waals surface area (Å²) in [5.41, 5.74) is 0.952. The van der Waals surface area contributed by atoms with Crippen LogP contribution in [-0.2, 0) is 9.47 Å². The topological polar surface area (TPSA) is 35.5 Å². The van der Waals surface area contributed by atoms with E-state index in [1.54, 1.807) is 13.8 Å². The van der Waals surface area contributed by atoms with Crippen LogP contribution in [0.25, 0.3) is 0 Å². The zero-order valence-corrected chi connectivity index (χ0v) is 10.3. The molecule has 0 heterocycles. The SMILES string of the molecule is CCOCC(C)OC(=O)c1ccc(F)cc1C. The summed E-state index contributed by atoms with van der Waals surface area (Å²) < 4.78 is 23.2. The second-order valence-corrected chi connectivity index (χ2v) is 3.83. The lowest BCUT2D eigenvalue weighted by Gasteiger charge is -2.13. The molecule has 1 rings (SSSR count). The molecule has 0 aromatic heterocycles. The molecule has 0 aliphatic carbocycles. The van der Waals surface area contributed by atoms with Gasteiger partial charge in [0.1, 0.15) is 11.9 Å². The molecule has 1 unspecified atom stereocenters. The predicted molar refractivity (Wildman–Crippen MR) is 62.5 cm³/mol. The van der Waals surface area contributed by atoms with Gasteiger partial charge >= 0.3 is 5.97 Å². The van der Waals surface area contributed by atoms with E-state index in [4.69, 9.17) is 9.47 Å². The average molecular weight is 240 g/mol. The Hall–Kier alpha value is -1.42. The summed E-state index contributed by atoms with van der Waals surface area (Å²) in [6.45, 7) is 6.25. The van der Waals surface area contributed by atoms with Gasteiger partial charge in [0.2, 0.25) is 0 Å². The maximum atomic E-state index is 12.9. The molecule has 1 aromatic carbocycles. The number of aryl methyl sites for hydroxylation is 1. The molecule has 0 amide bonds. The van der Waals surface area contributed by atoms with Crippen molar-refractivity contribution in [3.8, 4) is 0 Å². The van der Waals surface area contributed by atoms with Crippen LogP contribution < -0.4 is 0 Å². The maximum absolute atomic E-state index is 12.9. The zero-order valence-electron chi connectivity index (χ0n) is 10.3. The first-order valence-corrected chi connectivity index (χ1v) is 5.59. The van der Waals surface area contributed by atoms with Crippen molar-refractivity contribution < 1.29 is 18.7 Å². The Morgan fingerprint density at radius 1 is 1.47 bits per heavy atom. The molecule has 0 aliphatic heterocycles. The lowest BCUT2D eigenvalue weighted by atomic mass is 10.1. The van der Waals surface area contributed by atoms with Crippen molar-refractivity contribution >= 4 is 5.97 Å². The van der Waals surface area contributed by atoms with Crippen LogP contribution in [0.4, 0.5) is 4.39 Å². The Bertz CT molecular complexity index is 390. The van der Waals surface area contributed by atoms with E-state index in [1.165, 1.54) is 18.2 Å². The number of esters is 1. The fourth-order valence-electron chi connectivity index (χ4n) is 1.42. The number of carbonyl (C=O) groups excluding carboxylic acids is 1. The van der Waals surface area contributed by atoms with Gasteiger partial charge in [-0.25, -0.2) is 9.18 Å². The minimum absolute atomic E-state index is 0.313. The van der Waals surface area contributed by atoms with Crippen molar-refractivity contribution in [2.24, 2.45) is 0 Å². The molecule has 0 bridgehead atoms. The number of ether oxygens (including phenoxy) is 2. The van der Waals surface area contributed by atoms with Crippen molar-refractivity contribution in [3.63, 3.8) is 0 Å². The second kappa shape index (κ2) is 6.35. The molecule has 0 saturated carbocycles. The zero-order chi connectivity index (χ0) is 12.8. The minimum Gasteiger partial charge on any atom is -0.457 e. The summed E-state index contributed by atoms with van der Waals surface area (Å²) in [5, 5.41) is 0. The molecule has 4 heteroatoms. The van der Waals surface area contributed by atoms with E-state index >= 15 is 0 Å². The summed E-state index contributed by atoms with van der Waals surface area (Å²) in [4.78, 5) is 11.8. The van der Waals surface area contributed by atoms with Crippen molar-refractivity contribution in [1.29, 1.82) is 0 Å². The Morgan fingerprint density at radius 2 is 2.18 bits per heavy atom. The lowest BCUT2D eigenvalue weighted by Crippen LogP contribution is -2.21. The normalized spacial score (nSPS) is 12.2. The molecule has 0 spiro atoms. The molecule has 0 N–H and O–H groups in total. The van der Waals surface area contributed by atoms with Gasteiger partial charge in [0.25, 0.3) is 0 Å². The maximum Gasteiger partial charge on any atom is 0.338 e. The van der Waals surface area contributed by atoms with Crippen LogP contribution in [0.15, 0.2) is 18.2 Å². The van der Waals surface area contributed by atoms with E-state index in [0.29, 0.717) is 24.3 Å². The van der Waals surface area contributed by atoms with Crippen LogP contribution >= 0.6 is 0 Å². The Morgan fingerprint density at radius 3 is 2.76 bits per heavy atom. The van der Waals surface area contributed by atoms with Gasteiger partial charge in [-0.1, -0.05) is 0 Å². The summed E-state index contributed by atoms with van der Waals surface area (Å²) in [6, 6.07) is 3.99. The van der Waals surface area contributed by atoms with E-state index < -0.39 is 5.97 Å². The van der Waals surface area contributed by atoms with E-state index in [9.17, 15) is 9.18 Å². The highest BCUT2D eigenvalue weighted by Crippen LogP contribution is 2.12. The molecule has 1 aromatic rings. The molecular weight excluding hydrogens is 223 g/mol. The van der Waals surface area contributed by atoms with E-state index in [2.05, 4.69) is 0 Å². The number of rotatable bonds is 5. The molecule has 17 heavy (non-hydrogen) atoms. The third-order valence-corrected chi connectivity index (χ3v) is 2.27. The largest absolute Gasteiger partial charge is 0.457 e. The van der Waals surface area contributed by atoms with Crippen LogP contribution in [-0.4, -0.2) is 25.3 Å². The molecule has 0 aliphatic rings. The van der Waals surface area contributed by atoms with Crippen molar-refractivity contribution in [2.75, 3.05) is 13.2 Å². The first-order valence-electron chi connectivity index (χ1n) is 5.59. The number of hydrogen-bond acceptors (Lipinski definition) is 3. The van der Waals surface area contributed by atoms with Gasteiger partial charge in [-0.3, -0.25) is 0 Å². The van der Waals surface area contributed by atoms with Crippen LogP contribution in [0.5, 0.6) is 0 Å². The smallest absolute Gasteiger partial charge is 0.338 e. The van der Waals surface area contributed by atoms with Gasteiger partial charge in [-0.05, 0) is 44.5 Å². The third kappa shape index (κ3) is 4.15. The molecule has 0 radical (unpaired) electrons. The fraction of sp³-hybridized carbons (Fsp3) is 0.462. The molecule has 0 saturated heterocycles. The molecule has 1 atom stereocenters. The average Bonchev–Trinajstić information content (AvgIpc) is 2.26. The Labute approximate surface area is 101 Å². The highest BCUT2D eigenvalue weighted by atomic mass is 19.1. The first kappa shape index (κ1) is 13.6. The predicted octanol–water partition coefficient (Wildman–Crippen LogP) is 2.72. The third-order valence-electron chi connectivity index (χ3n) is 2.27. The van der Waals surface area contributed by atoms with Crippen molar-refractivity contribution in [3.05, 3.63) is 35.1 Å². The Balaban J connectivity index is 2.63. The van der Waals surface area contributed by atoms with E-state index in [1.807, 2.05) is 6.92 Å². The van der Waals surface area contributed by atoms with E-state index in [-0.39, 0.29) is 11.9 Å². The van der Waals surface area contributed by atoms with Crippen LogP contribution in [0, 0.1) is 12.7 Å². The summed E-state index contributed by atoms with van der Waals surface area (Å²) in [7, 11) is 0. The highest BCUT2D eigenvalue weighted by Gasteiger charge is 2.14.